The lowest BCUT2D eigenvalue weighted by Crippen LogP contribution is -2.34. The number of ether oxygens (including phenoxy) is 3. The molecule has 24 heavy (non-hydrogen) atoms. The Hall–Kier alpha value is -2.49. The molecule has 4 heteroatoms. The van der Waals surface area contributed by atoms with Crippen molar-refractivity contribution in [3.63, 3.8) is 0 Å². The van der Waals surface area contributed by atoms with Gasteiger partial charge in [-0.05, 0) is 41.3 Å². The average Bonchev–Trinajstić information content (AvgIpc) is 3.01. The van der Waals surface area contributed by atoms with E-state index in [9.17, 15) is 4.79 Å². The summed E-state index contributed by atoms with van der Waals surface area (Å²) in [6.07, 6.45) is 0. The van der Waals surface area contributed by atoms with E-state index in [0.29, 0.717) is 6.61 Å². The van der Waals surface area contributed by atoms with E-state index < -0.39 is 0 Å². The lowest BCUT2D eigenvalue weighted by Gasteiger charge is -2.39. The van der Waals surface area contributed by atoms with E-state index in [4.69, 9.17) is 14.2 Å². The molecule has 0 N–H and O–H groups in total. The van der Waals surface area contributed by atoms with Crippen LogP contribution in [0.4, 0.5) is 0 Å². The predicted octanol–water partition coefficient (Wildman–Crippen LogP) is 3.91. The second-order valence-electron chi connectivity index (χ2n) is 6.89. The summed E-state index contributed by atoms with van der Waals surface area (Å²) in [5.74, 6) is 3.11. The van der Waals surface area contributed by atoms with Crippen molar-refractivity contribution in [3.8, 4) is 17.2 Å². The number of hydrogen-bond donors (Lipinski definition) is 0. The molecule has 0 bridgehead atoms. The van der Waals surface area contributed by atoms with Crippen molar-refractivity contribution >= 4 is 5.78 Å². The molecule has 1 aliphatic carbocycles. The van der Waals surface area contributed by atoms with Gasteiger partial charge in [-0.3, -0.25) is 4.79 Å². The predicted molar refractivity (Wildman–Crippen MR) is 87.8 cm³/mol. The summed E-state index contributed by atoms with van der Waals surface area (Å²) < 4.78 is 16.5. The van der Waals surface area contributed by atoms with Gasteiger partial charge < -0.3 is 14.2 Å². The van der Waals surface area contributed by atoms with Crippen LogP contribution in [0, 0.1) is 11.8 Å². The van der Waals surface area contributed by atoms with Crippen LogP contribution in [0.2, 0.25) is 0 Å². The molecule has 122 valence electrons. The van der Waals surface area contributed by atoms with Gasteiger partial charge in [-0.2, -0.15) is 0 Å². The van der Waals surface area contributed by atoms with Gasteiger partial charge in [-0.25, -0.2) is 0 Å². The van der Waals surface area contributed by atoms with Crippen molar-refractivity contribution in [2.75, 3.05) is 6.79 Å². The van der Waals surface area contributed by atoms with E-state index in [1.807, 2.05) is 25.1 Å². The van der Waals surface area contributed by atoms with Crippen molar-refractivity contribution in [3.05, 3.63) is 52.6 Å². The number of hydrogen-bond acceptors (Lipinski definition) is 4. The van der Waals surface area contributed by atoms with Crippen LogP contribution in [0.5, 0.6) is 17.2 Å². The fraction of sp³-hybridized carbons (Fsp3) is 0.350. The van der Waals surface area contributed by atoms with E-state index in [2.05, 4.69) is 19.1 Å². The Morgan fingerprint density at radius 3 is 2.54 bits per heavy atom. The summed E-state index contributed by atoms with van der Waals surface area (Å²) in [7, 11) is 0. The van der Waals surface area contributed by atoms with Gasteiger partial charge in [0.1, 0.15) is 12.4 Å². The minimum atomic E-state index is -0.00744. The Bertz CT molecular complexity index is 870. The van der Waals surface area contributed by atoms with Gasteiger partial charge >= 0.3 is 0 Å². The summed E-state index contributed by atoms with van der Waals surface area (Å²) in [6, 6.07) is 9.98. The SMILES string of the molecule is C[C@H]1[C@@H](c2ccc3c(c2)OCO3)c2c(ccc3c2CO3)C(=O)[C@H]1C. The molecule has 0 saturated carbocycles. The van der Waals surface area contributed by atoms with Gasteiger partial charge in [0.05, 0.1) is 0 Å². The minimum Gasteiger partial charge on any atom is -0.488 e. The molecule has 3 atom stereocenters. The van der Waals surface area contributed by atoms with Crippen LogP contribution in [0.3, 0.4) is 0 Å². The van der Waals surface area contributed by atoms with E-state index in [0.717, 1.165) is 28.4 Å². The third kappa shape index (κ3) is 1.71. The lowest BCUT2D eigenvalue weighted by molar-refractivity contribution is 0.0863. The Kier molecular flexibility index (Phi) is 2.76. The third-order valence-electron chi connectivity index (χ3n) is 5.75. The van der Waals surface area contributed by atoms with E-state index in [1.54, 1.807) is 0 Å². The standard InChI is InChI=1S/C20H18O4/c1-10-11(2)20(21)13-4-6-15-14(8-22-15)19(13)18(10)12-3-5-16-17(7-12)24-9-23-16/h3-7,10-11,18H,8-9H2,1-2H3/t10-,11+,18+/m1/s1. The maximum absolute atomic E-state index is 12.8. The zero-order chi connectivity index (χ0) is 16.4. The summed E-state index contributed by atoms with van der Waals surface area (Å²) in [5.41, 5.74) is 4.36. The van der Waals surface area contributed by atoms with Gasteiger partial charge in [0.2, 0.25) is 6.79 Å². The van der Waals surface area contributed by atoms with E-state index in [-0.39, 0.29) is 30.3 Å². The molecule has 0 aromatic heterocycles. The molecule has 2 heterocycles. The zero-order valence-corrected chi connectivity index (χ0v) is 13.7. The summed E-state index contributed by atoms with van der Waals surface area (Å²) >= 11 is 0. The molecule has 0 radical (unpaired) electrons. The molecular weight excluding hydrogens is 304 g/mol. The molecule has 4 nitrogen and oxygen atoms in total. The highest BCUT2D eigenvalue weighted by Crippen LogP contribution is 2.50. The monoisotopic (exact) mass is 322 g/mol. The number of fused-ring (bicyclic) bond motifs is 4. The first kappa shape index (κ1) is 13.9. The minimum absolute atomic E-state index is 0.00744. The fourth-order valence-electron chi connectivity index (χ4n) is 4.18. The van der Waals surface area contributed by atoms with Crippen LogP contribution >= 0.6 is 0 Å². The first-order chi connectivity index (χ1) is 11.6. The molecule has 5 rings (SSSR count). The maximum atomic E-state index is 12.8. The topological polar surface area (TPSA) is 44.8 Å². The van der Waals surface area contributed by atoms with Crippen molar-refractivity contribution < 1.29 is 19.0 Å². The summed E-state index contributed by atoms with van der Waals surface area (Å²) in [6.45, 7) is 5.06. The quantitative estimate of drug-likeness (QED) is 0.798. The second kappa shape index (κ2) is 4.76. The fourth-order valence-corrected chi connectivity index (χ4v) is 4.18. The molecule has 0 amide bonds. The van der Waals surface area contributed by atoms with Crippen LogP contribution in [-0.2, 0) is 6.61 Å². The Balaban J connectivity index is 1.72. The van der Waals surface area contributed by atoms with Gasteiger partial charge in [-0.15, -0.1) is 0 Å². The second-order valence-corrected chi connectivity index (χ2v) is 6.89. The van der Waals surface area contributed by atoms with Crippen molar-refractivity contribution in [1.82, 2.24) is 0 Å². The zero-order valence-electron chi connectivity index (χ0n) is 13.7. The highest BCUT2D eigenvalue weighted by atomic mass is 16.7. The van der Waals surface area contributed by atoms with Gasteiger partial charge in [-0.1, -0.05) is 19.9 Å². The van der Waals surface area contributed by atoms with Gasteiger partial charge in [0.25, 0.3) is 0 Å². The number of carbonyl (C=O) groups is 1. The molecule has 0 unspecified atom stereocenters. The molecule has 2 aromatic carbocycles. The average molecular weight is 322 g/mol. The number of rotatable bonds is 1. The van der Waals surface area contributed by atoms with Gasteiger partial charge in [0, 0.05) is 23.0 Å². The van der Waals surface area contributed by atoms with Crippen LogP contribution in [-0.4, -0.2) is 12.6 Å². The van der Waals surface area contributed by atoms with Crippen molar-refractivity contribution in [1.29, 1.82) is 0 Å². The molecule has 2 aliphatic heterocycles. The van der Waals surface area contributed by atoms with Crippen molar-refractivity contribution in [2.24, 2.45) is 11.8 Å². The van der Waals surface area contributed by atoms with Crippen molar-refractivity contribution in [2.45, 2.75) is 26.4 Å². The van der Waals surface area contributed by atoms with Gasteiger partial charge in [0.15, 0.2) is 17.3 Å². The van der Waals surface area contributed by atoms with Crippen LogP contribution < -0.4 is 14.2 Å². The number of benzene rings is 2. The Labute approximate surface area is 140 Å². The Morgan fingerprint density at radius 2 is 1.75 bits per heavy atom. The smallest absolute Gasteiger partial charge is 0.231 e. The molecule has 2 aromatic rings. The summed E-state index contributed by atoms with van der Waals surface area (Å²) in [5, 5.41) is 0. The third-order valence-corrected chi connectivity index (χ3v) is 5.75. The number of ketones is 1. The first-order valence-electron chi connectivity index (χ1n) is 8.37. The first-order valence-corrected chi connectivity index (χ1v) is 8.37. The Morgan fingerprint density at radius 1 is 0.958 bits per heavy atom. The lowest BCUT2D eigenvalue weighted by atomic mass is 9.65. The van der Waals surface area contributed by atoms with E-state index in [1.165, 1.54) is 11.1 Å². The molecule has 0 saturated heterocycles. The largest absolute Gasteiger partial charge is 0.488 e. The maximum Gasteiger partial charge on any atom is 0.231 e. The highest BCUT2D eigenvalue weighted by molar-refractivity contribution is 6.01. The molecule has 3 aliphatic rings. The molecular formula is C20H18O4. The van der Waals surface area contributed by atoms with Crippen LogP contribution in [0.25, 0.3) is 0 Å². The number of Topliss-reactive ketones (excluding diaryl/α,β-unsaturated/α-hetero) is 1. The normalized spacial score (nSPS) is 26.2. The molecule has 0 spiro atoms. The number of carbonyl (C=O) groups excluding carboxylic acids is 1. The summed E-state index contributed by atoms with van der Waals surface area (Å²) in [4.78, 5) is 12.8. The van der Waals surface area contributed by atoms with Crippen LogP contribution in [0.1, 0.15) is 46.8 Å². The van der Waals surface area contributed by atoms with E-state index >= 15 is 0 Å². The highest BCUT2D eigenvalue weighted by Gasteiger charge is 2.41. The van der Waals surface area contributed by atoms with Crippen LogP contribution in [0.15, 0.2) is 30.3 Å². The molecule has 0 fully saturated rings.